The van der Waals surface area contributed by atoms with E-state index in [0.717, 1.165) is 11.2 Å². The van der Waals surface area contributed by atoms with Crippen molar-refractivity contribution in [1.29, 1.82) is 0 Å². The van der Waals surface area contributed by atoms with Gasteiger partial charge in [0.1, 0.15) is 11.2 Å². The van der Waals surface area contributed by atoms with E-state index in [0.29, 0.717) is 0 Å². The summed E-state index contributed by atoms with van der Waals surface area (Å²) < 4.78 is 8.41. The summed E-state index contributed by atoms with van der Waals surface area (Å²) in [6, 6.07) is 45.8. The largest absolute Gasteiger partial charge is 0.456 e. The van der Waals surface area contributed by atoms with Crippen molar-refractivity contribution in [3.8, 4) is 0 Å². The molecule has 0 N–H and O–H groups in total. The van der Waals surface area contributed by atoms with Crippen molar-refractivity contribution in [3.63, 3.8) is 0 Å². The van der Waals surface area contributed by atoms with Crippen LogP contribution in [0.3, 0.4) is 0 Å². The normalized spacial score (nSPS) is 10.5. The van der Waals surface area contributed by atoms with Crippen LogP contribution < -0.4 is 0 Å². The van der Waals surface area contributed by atoms with Gasteiger partial charge >= 0.3 is 0 Å². The number of fused-ring (bicyclic) bond motifs is 6. The van der Waals surface area contributed by atoms with E-state index >= 15 is 0 Å². The van der Waals surface area contributed by atoms with Gasteiger partial charge in [-0.2, -0.15) is 0 Å². The minimum absolute atomic E-state index is 0.962. The first-order valence-corrected chi connectivity index (χ1v) is 11.4. The highest BCUT2D eigenvalue weighted by atomic mass is 32.1. The molecule has 0 aliphatic carbocycles. The third-order valence-electron chi connectivity index (χ3n) is 5.18. The van der Waals surface area contributed by atoms with Gasteiger partial charge in [0.05, 0.1) is 0 Å². The summed E-state index contributed by atoms with van der Waals surface area (Å²) in [6.07, 6.45) is 0. The molecule has 0 aliphatic rings. The molecule has 0 unspecified atom stereocenters. The van der Waals surface area contributed by atoms with Crippen LogP contribution in [-0.2, 0) is 0 Å². The van der Waals surface area contributed by atoms with Crippen LogP contribution in [0.15, 0.2) is 132 Å². The first-order chi connectivity index (χ1) is 15.9. The van der Waals surface area contributed by atoms with E-state index in [1.165, 1.54) is 30.9 Å². The Morgan fingerprint density at radius 3 is 1.31 bits per heavy atom. The van der Waals surface area contributed by atoms with E-state index in [-0.39, 0.29) is 0 Å². The van der Waals surface area contributed by atoms with E-state index in [1.54, 1.807) is 0 Å². The molecular weight excluding hydrogens is 408 g/mol. The second kappa shape index (κ2) is 9.51. The van der Waals surface area contributed by atoms with Crippen molar-refractivity contribution in [2.75, 3.05) is 0 Å². The van der Waals surface area contributed by atoms with E-state index in [9.17, 15) is 0 Å². The van der Waals surface area contributed by atoms with Crippen molar-refractivity contribution in [2.45, 2.75) is 0 Å². The predicted molar refractivity (Wildman–Crippen MR) is 138 cm³/mol. The Bertz CT molecular complexity index is 1340. The highest BCUT2D eigenvalue weighted by Gasteiger charge is 2.03. The van der Waals surface area contributed by atoms with Gasteiger partial charge in [0.2, 0.25) is 0 Å². The fraction of sp³-hybridized carbons (Fsp3) is 0. The Morgan fingerprint density at radius 2 is 0.875 bits per heavy atom. The molecule has 2 heteroatoms. The molecule has 2 aromatic heterocycles. The van der Waals surface area contributed by atoms with Gasteiger partial charge in [-0.3, -0.25) is 0 Å². The van der Waals surface area contributed by atoms with Crippen molar-refractivity contribution in [1.82, 2.24) is 0 Å². The smallest absolute Gasteiger partial charge is 0.135 e. The first kappa shape index (κ1) is 20.0. The van der Waals surface area contributed by atoms with E-state index < -0.39 is 0 Å². The fourth-order valence-electron chi connectivity index (χ4n) is 3.69. The standard InChI is InChI=1S/C12H8O.C12H8S.C6H5/c2*1-3-7-11-9(5-1)10-6-2-4-8-12(10)13-11;1-2-4-6-5-3-1/h2*1-8H;1-5H. The molecule has 0 amide bonds. The van der Waals surface area contributed by atoms with Crippen LogP contribution in [0.2, 0.25) is 0 Å². The highest BCUT2D eigenvalue weighted by Crippen LogP contribution is 2.33. The van der Waals surface area contributed by atoms with Crippen molar-refractivity contribution < 1.29 is 4.42 Å². The molecular formula is C30H21OS. The second-order valence-corrected chi connectivity index (χ2v) is 8.35. The molecule has 5 aromatic carbocycles. The monoisotopic (exact) mass is 429 g/mol. The van der Waals surface area contributed by atoms with Crippen LogP contribution in [0.5, 0.6) is 0 Å². The summed E-state index contributed by atoms with van der Waals surface area (Å²) >= 11 is 1.86. The van der Waals surface area contributed by atoms with Gasteiger partial charge in [-0.05, 0) is 30.3 Å². The first-order valence-electron chi connectivity index (χ1n) is 10.5. The molecule has 153 valence electrons. The molecule has 2 heterocycles. The predicted octanol–water partition coefficient (Wildman–Crippen LogP) is 9.13. The SMILES string of the molecule is [c]1ccccc1.c1ccc2c(c1)oc1ccccc12.c1ccc2c(c1)sc1ccccc12. The quantitative estimate of drug-likeness (QED) is 0.234. The topological polar surface area (TPSA) is 13.1 Å². The molecule has 7 aromatic rings. The molecule has 1 radical (unpaired) electrons. The Morgan fingerprint density at radius 1 is 0.438 bits per heavy atom. The molecule has 0 fully saturated rings. The molecule has 0 bridgehead atoms. The second-order valence-electron chi connectivity index (χ2n) is 7.27. The van der Waals surface area contributed by atoms with Gasteiger partial charge in [-0.1, -0.05) is 103 Å². The lowest BCUT2D eigenvalue weighted by Gasteiger charge is -1.88. The lowest BCUT2D eigenvalue weighted by atomic mass is 10.2. The Kier molecular flexibility index (Phi) is 5.95. The van der Waals surface area contributed by atoms with Gasteiger partial charge in [-0.25, -0.2) is 0 Å². The lowest BCUT2D eigenvalue weighted by Crippen LogP contribution is -1.62. The maximum Gasteiger partial charge on any atom is 0.135 e. The molecule has 0 atom stereocenters. The molecule has 1 nitrogen and oxygen atoms in total. The van der Waals surface area contributed by atoms with Crippen LogP contribution in [-0.4, -0.2) is 0 Å². The zero-order valence-electron chi connectivity index (χ0n) is 17.4. The zero-order valence-corrected chi connectivity index (χ0v) is 18.3. The average molecular weight is 430 g/mol. The summed E-state index contributed by atoms with van der Waals surface area (Å²) in [4.78, 5) is 0. The highest BCUT2D eigenvalue weighted by molar-refractivity contribution is 7.25. The molecule has 7 rings (SSSR count). The molecule has 0 saturated carbocycles. The van der Waals surface area contributed by atoms with Gasteiger partial charge in [0.15, 0.2) is 0 Å². The molecule has 32 heavy (non-hydrogen) atoms. The van der Waals surface area contributed by atoms with Crippen molar-refractivity contribution in [2.24, 2.45) is 0 Å². The maximum absolute atomic E-state index is 5.65. The van der Waals surface area contributed by atoms with Gasteiger partial charge in [0.25, 0.3) is 0 Å². The summed E-state index contributed by atoms with van der Waals surface area (Å²) in [6.45, 7) is 0. The number of para-hydroxylation sites is 2. The Labute approximate surface area is 191 Å². The molecule has 0 saturated heterocycles. The molecule has 0 spiro atoms. The number of hydrogen-bond donors (Lipinski definition) is 0. The van der Waals surface area contributed by atoms with Crippen molar-refractivity contribution in [3.05, 3.63) is 133 Å². The lowest BCUT2D eigenvalue weighted by molar-refractivity contribution is 0.669. The number of rotatable bonds is 0. The number of thiophene rings is 1. The van der Waals surface area contributed by atoms with Crippen LogP contribution >= 0.6 is 11.3 Å². The third kappa shape index (κ3) is 4.27. The Hall–Kier alpha value is -3.88. The maximum atomic E-state index is 5.65. The summed E-state index contributed by atoms with van der Waals surface area (Å²) in [7, 11) is 0. The van der Waals surface area contributed by atoms with E-state index in [1.807, 2.05) is 78.1 Å². The fourth-order valence-corrected chi connectivity index (χ4v) is 4.80. The third-order valence-corrected chi connectivity index (χ3v) is 6.33. The van der Waals surface area contributed by atoms with Crippen LogP contribution in [0, 0.1) is 6.07 Å². The number of benzene rings is 5. The molecule has 0 aliphatic heterocycles. The summed E-state index contributed by atoms with van der Waals surface area (Å²) in [5.41, 5.74) is 1.92. The van der Waals surface area contributed by atoms with Gasteiger partial charge in [0, 0.05) is 30.9 Å². The van der Waals surface area contributed by atoms with E-state index in [2.05, 4.69) is 66.7 Å². The number of hydrogen-bond acceptors (Lipinski definition) is 2. The minimum Gasteiger partial charge on any atom is -0.456 e. The van der Waals surface area contributed by atoms with E-state index in [4.69, 9.17) is 4.42 Å². The van der Waals surface area contributed by atoms with Gasteiger partial charge in [-0.15, -0.1) is 11.3 Å². The zero-order chi connectivity index (χ0) is 21.6. The summed E-state index contributed by atoms with van der Waals surface area (Å²) in [5, 5.41) is 5.14. The summed E-state index contributed by atoms with van der Waals surface area (Å²) in [5.74, 6) is 0. The number of furan rings is 1. The average Bonchev–Trinajstić information content (AvgIpc) is 3.44. The van der Waals surface area contributed by atoms with Gasteiger partial charge < -0.3 is 4.42 Å². The van der Waals surface area contributed by atoms with Crippen LogP contribution in [0.25, 0.3) is 42.1 Å². The minimum atomic E-state index is 0.962. The van der Waals surface area contributed by atoms with Crippen molar-refractivity contribution >= 4 is 53.4 Å². The Balaban J connectivity index is 0.000000109. The van der Waals surface area contributed by atoms with Crippen LogP contribution in [0.4, 0.5) is 0 Å². The van der Waals surface area contributed by atoms with Crippen LogP contribution in [0.1, 0.15) is 0 Å².